The van der Waals surface area contributed by atoms with Crippen molar-refractivity contribution in [2.75, 3.05) is 11.9 Å². The number of carbonyl (C=O) groups excluding carboxylic acids is 3. The Bertz CT molecular complexity index is 861. The minimum atomic E-state index is -0.455. The highest BCUT2D eigenvalue weighted by molar-refractivity contribution is 6.22. The van der Waals surface area contributed by atoms with Gasteiger partial charge < -0.3 is 10.1 Å². The van der Waals surface area contributed by atoms with E-state index in [-0.39, 0.29) is 11.5 Å². The molecule has 1 heterocycles. The number of hydrogen-bond donors (Lipinski definition) is 2. The van der Waals surface area contributed by atoms with Crippen molar-refractivity contribution in [1.82, 2.24) is 5.32 Å². The Hall–Kier alpha value is -3.15. The predicted octanol–water partition coefficient (Wildman–Crippen LogP) is 3.39. The molecule has 0 atom stereocenters. The molecule has 0 saturated carbocycles. The van der Waals surface area contributed by atoms with Gasteiger partial charge in [0.25, 0.3) is 17.7 Å². The van der Waals surface area contributed by atoms with Crippen LogP contribution in [0.25, 0.3) is 0 Å². The number of hydrogen-bond acceptors (Lipinski definition) is 4. The molecule has 6 heteroatoms. The van der Waals surface area contributed by atoms with E-state index >= 15 is 0 Å². The standard InChI is InChI=1S/C20H20N2O4/c1-2-3-4-10-26-15-7-5-6-13(11-15)18(23)21-14-8-9-16-17(12-14)20(25)22-19(16)24/h5-9,11-12H,2-4,10H2,1H3,(H,21,23)(H,22,24,25). The summed E-state index contributed by atoms with van der Waals surface area (Å²) in [6, 6.07) is 11.6. The summed E-state index contributed by atoms with van der Waals surface area (Å²) in [5, 5.41) is 4.96. The van der Waals surface area contributed by atoms with Gasteiger partial charge in [-0.15, -0.1) is 0 Å². The maximum absolute atomic E-state index is 12.5. The molecular weight excluding hydrogens is 332 g/mol. The van der Waals surface area contributed by atoms with Crippen LogP contribution < -0.4 is 15.4 Å². The Balaban J connectivity index is 1.68. The second-order valence-corrected chi connectivity index (χ2v) is 6.08. The van der Waals surface area contributed by atoms with Crippen LogP contribution in [0.5, 0.6) is 5.75 Å². The summed E-state index contributed by atoms with van der Waals surface area (Å²) in [5.41, 5.74) is 1.49. The van der Waals surface area contributed by atoms with E-state index in [0.29, 0.717) is 29.2 Å². The minimum Gasteiger partial charge on any atom is -0.494 e. The van der Waals surface area contributed by atoms with Crippen LogP contribution in [-0.2, 0) is 0 Å². The molecule has 3 amide bonds. The van der Waals surface area contributed by atoms with Crippen LogP contribution in [0.2, 0.25) is 0 Å². The first kappa shape index (κ1) is 17.7. The lowest BCUT2D eigenvalue weighted by molar-refractivity contribution is 0.0878. The molecule has 0 bridgehead atoms. The Kier molecular flexibility index (Phi) is 5.31. The lowest BCUT2D eigenvalue weighted by Gasteiger charge is -2.09. The van der Waals surface area contributed by atoms with E-state index in [1.807, 2.05) is 6.07 Å². The molecule has 134 valence electrons. The topological polar surface area (TPSA) is 84.5 Å². The summed E-state index contributed by atoms with van der Waals surface area (Å²) in [5.74, 6) is -0.541. The SMILES string of the molecule is CCCCCOc1cccc(C(=O)Nc2ccc3c(c2)C(=O)NC3=O)c1. The van der Waals surface area contributed by atoms with Gasteiger partial charge in [0, 0.05) is 11.3 Å². The van der Waals surface area contributed by atoms with Crippen molar-refractivity contribution in [1.29, 1.82) is 0 Å². The smallest absolute Gasteiger partial charge is 0.259 e. The molecule has 6 nitrogen and oxygen atoms in total. The van der Waals surface area contributed by atoms with E-state index < -0.39 is 11.8 Å². The average Bonchev–Trinajstić information content (AvgIpc) is 2.93. The fraction of sp³-hybridized carbons (Fsp3) is 0.250. The van der Waals surface area contributed by atoms with Crippen LogP contribution in [0.15, 0.2) is 42.5 Å². The normalized spacial score (nSPS) is 12.5. The third-order valence-corrected chi connectivity index (χ3v) is 4.11. The lowest BCUT2D eigenvalue weighted by Crippen LogP contribution is -2.19. The first-order chi connectivity index (χ1) is 12.6. The highest BCUT2D eigenvalue weighted by Gasteiger charge is 2.26. The number of rotatable bonds is 7. The van der Waals surface area contributed by atoms with Crippen molar-refractivity contribution in [3.63, 3.8) is 0 Å². The van der Waals surface area contributed by atoms with Crippen molar-refractivity contribution < 1.29 is 19.1 Å². The zero-order valence-corrected chi connectivity index (χ0v) is 14.5. The van der Waals surface area contributed by atoms with Crippen molar-refractivity contribution in [2.24, 2.45) is 0 Å². The fourth-order valence-electron chi connectivity index (χ4n) is 2.72. The van der Waals surface area contributed by atoms with E-state index in [1.165, 1.54) is 12.1 Å². The Morgan fingerprint density at radius 3 is 2.65 bits per heavy atom. The van der Waals surface area contributed by atoms with E-state index in [2.05, 4.69) is 17.6 Å². The second-order valence-electron chi connectivity index (χ2n) is 6.08. The van der Waals surface area contributed by atoms with Crippen LogP contribution >= 0.6 is 0 Å². The molecule has 1 aliphatic rings. The molecule has 0 spiro atoms. The fourth-order valence-corrected chi connectivity index (χ4v) is 2.72. The number of carbonyl (C=O) groups is 3. The van der Waals surface area contributed by atoms with Gasteiger partial charge in [0.15, 0.2) is 0 Å². The maximum atomic E-state index is 12.5. The zero-order valence-electron chi connectivity index (χ0n) is 14.5. The molecule has 2 aromatic carbocycles. The largest absolute Gasteiger partial charge is 0.494 e. The second kappa shape index (κ2) is 7.82. The molecule has 1 aliphatic heterocycles. The van der Waals surface area contributed by atoms with Crippen LogP contribution in [0.1, 0.15) is 57.3 Å². The van der Waals surface area contributed by atoms with Gasteiger partial charge in [-0.1, -0.05) is 25.8 Å². The summed E-state index contributed by atoms with van der Waals surface area (Å²) < 4.78 is 5.67. The van der Waals surface area contributed by atoms with Gasteiger partial charge in [-0.25, -0.2) is 0 Å². The van der Waals surface area contributed by atoms with Crippen molar-refractivity contribution in [2.45, 2.75) is 26.2 Å². The van der Waals surface area contributed by atoms with Gasteiger partial charge in [0.2, 0.25) is 0 Å². The van der Waals surface area contributed by atoms with Crippen molar-refractivity contribution in [3.05, 3.63) is 59.2 Å². The van der Waals surface area contributed by atoms with E-state index in [1.54, 1.807) is 24.3 Å². The van der Waals surface area contributed by atoms with Crippen LogP contribution in [0.4, 0.5) is 5.69 Å². The molecule has 0 fully saturated rings. The number of unbranched alkanes of at least 4 members (excludes halogenated alkanes) is 2. The first-order valence-electron chi connectivity index (χ1n) is 8.62. The zero-order chi connectivity index (χ0) is 18.5. The van der Waals surface area contributed by atoms with E-state index in [9.17, 15) is 14.4 Å². The van der Waals surface area contributed by atoms with Gasteiger partial charge in [-0.05, 0) is 42.8 Å². The summed E-state index contributed by atoms with van der Waals surface area (Å²) in [6.07, 6.45) is 3.20. The summed E-state index contributed by atoms with van der Waals surface area (Å²) in [7, 11) is 0. The summed E-state index contributed by atoms with van der Waals surface area (Å²) in [4.78, 5) is 35.7. The summed E-state index contributed by atoms with van der Waals surface area (Å²) in [6.45, 7) is 2.75. The van der Waals surface area contributed by atoms with Gasteiger partial charge in [-0.3, -0.25) is 19.7 Å². The maximum Gasteiger partial charge on any atom is 0.259 e. The highest BCUT2D eigenvalue weighted by Crippen LogP contribution is 2.21. The Labute approximate surface area is 151 Å². The van der Waals surface area contributed by atoms with Gasteiger partial charge in [0.05, 0.1) is 17.7 Å². The third-order valence-electron chi connectivity index (χ3n) is 4.11. The lowest BCUT2D eigenvalue weighted by atomic mass is 10.1. The van der Waals surface area contributed by atoms with Crippen LogP contribution in [0.3, 0.4) is 0 Å². The molecule has 0 unspecified atom stereocenters. The number of benzene rings is 2. The highest BCUT2D eigenvalue weighted by atomic mass is 16.5. The van der Waals surface area contributed by atoms with Gasteiger partial charge in [0.1, 0.15) is 5.75 Å². The Morgan fingerprint density at radius 2 is 1.85 bits per heavy atom. The minimum absolute atomic E-state index is 0.265. The molecule has 3 rings (SSSR count). The molecule has 2 N–H and O–H groups in total. The van der Waals surface area contributed by atoms with E-state index in [0.717, 1.165) is 19.3 Å². The average molecular weight is 352 g/mol. The van der Waals surface area contributed by atoms with Crippen molar-refractivity contribution >= 4 is 23.4 Å². The molecule has 26 heavy (non-hydrogen) atoms. The molecule has 0 saturated heterocycles. The molecule has 0 radical (unpaired) electrons. The van der Waals surface area contributed by atoms with Crippen LogP contribution in [-0.4, -0.2) is 24.3 Å². The van der Waals surface area contributed by atoms with Crippen LogP contribution in [0, 0.1) is 0 Å². The molecular formula is C20H20N2O4. The van der Waals surface area contributed by atoms with E-state index in [4.69, 9.17) is 4.74 Å². The number of amides is 3. The number of ether oxygens (including phenoxy) is 1. The quantitative estimate of drug-likeness (QED) is 0.591. The molecule has 0 aromatic heterocycles. The summed E-state index contributed by atoms with van der Waals surface area (Å²) >= 11 is 0. The number of anilines is 1. The monoisotopic (exact) mass is 352 g/mol. The molecule has 2 aromatic rings. The third kappa shape index (κ3) is 3.91. The van der Waals surface area contributed by atoms with Crippen molar-refractivity contribution in [3.8, 4) is 5.75 Å². The number of imide groups is 1. The predicted molar refractivity (Wildman–Crippen MR) is 97.7 cm³/mol. The molecule has 0 aliphatic carbocycles. The van der Waals surface area contributed by atoms with Gasteiger partial charge >= 0.3 is 0 Å². The Morgan fingerprint density at radius 1 is 1.04 bits per heavy atom. The van der Waals surface area contributed by atoms with Gasteiger partial charge in [-0.2, -0.15) is 0 Å². The first-order valence-corrected chi connectivity index (χ1v) is 8.62. The number of nitrogens with one attached hydrogen (secondary N) is 2. The number of fused-ring (bicyclic) bond motifs is 1.